The predicted octanol–water partition coefficient (Wildman–Crippen LogP) is 1.51. The maximum atomic E-state index is 11.6. The summed E-state index contributed by atoms with van der Waals surface area (Å²) >= 11 is 0. The normalized spacial score (nSPS) is 13.7. The lowest BCUT2D eigenvalue weighted by Gasteiger charge is -2.24. The minimum Gasteiger partial charge on any atom is -0.496 e. The number of rotatable bonds is 8. The van der Waals surface area contributed by atoms with E-state index >= 15 is 0 Å². The Morgan fingerprint density at radius 3 is 2.12 bits per heavy atom. The number of nitrogens with one attached hydrogen (secondary N) is 1. The van der Waals surface area contributed by atoms with Crippen molar-refractivity contribution in [2.75, 3.05) is 20.8 Å². The van der Waals surface area contributed by atoms with Crippen molar-refractivity contribution in [1.29, 1.82) is 0 Å². The number of amides is 1. The molecule has 0 saturated carbocycles. The fraction of sp³-hybridized carbons (Fsp3) is 0.611. The number of aliphatic hydroxyl groups is 3. The molecule has 4 N–H and O–H groups in total. The molecule has 1 amide bonds. The minimum absolute atomic E-state index is 0.0917. The van der Waals surface area contributed by atoms with Crippen molar-refractivity contribution >= 4 is 6.09 Å². The Kier molecular flexibility index (Phi) is 8.13. The van der Waals surface area contributed by atoms with Crippen molar-refractivity contribution in [3.8, 4) is 11.5 Å². The molecule has 148 valence electrons. The molecule has 0 radical (unpaired) electrons. The van der Waals surface area contributed by atoms with Gasteiger partial charge >= 0.3 is 6.09 Å². The van der Waals surface area contributed by atoms with Crippen LogP contribution < -0.4 is 14.8 Å². The molecule has 0 saturated heterocycles. The highest BCUT2D eigenvalue weighted by Gasteiger charge is 2.26. The average Bonchev–Trinajstić information content (AvgIpc) is 2.57. The first-order valence-corrected chi connectivity index (χ1v) is 8.31. The Balaban J connectivity index is 2.79. The highest BCUT2D eigenvalue weighted by atomic mass is 16.6. The number of methoxy groups -OCH3 is 2. The molecule has 0 aliphatic heterocycles. The minimum atomic E-state index is -1.30. The van der Waals surface area contributed by atoms with Gasteiger partial charge in [0.2, 0.25) is 0 Å². The van der Waals surface area contributed by atoms with Gasteiger partial charge in [0.05, 0.1) is 32.5 Å². The van der Waals surface area contributed by atoms with Crippen molar-refractivity contribution in [2.45, 2.75) is 51.6 Å². The van der Waals surface area contributed by atoms with Crippen molar-refractivity contribution in [3.63, 3.8) is 0 Å². The smallest absolute Gasteiger partial charge is 0.407 e. The summed E-state index contributed by atoms with van der Waals surface area (Å²) in [6, 6.07) is 3.12. The highest BCUT2D eigenvalue weighted by Crippen LogP contribution is 2.37. The monoisotopic (exact) mass is 371 g/mol. The highest BCUT2D eigenvalue weighted by molar-refractivity contribution is 5.67. The van der Waals surface area contributed by atoms with Crippen molar-refractivity contribution in [3.05, 3.63) is 23.3 Å². The van der Waals surface area contributed by atoms with Crippen molar-refractivity contribution < 1.29 is 34.3 Å². The van der Waals surface area contributed by atoms with Gasteiger partial charge in [-0.3, -0.25) is 0 Å². The van der Waals surface area contributed by atoms with Crippen LogP contribution >= 0.6 is 0 Å². The zero-order valence-corrected chi connectivity index (χ0v) is 15.9. The largest absolute Gasteiger partial charge is 0.496 e. The van der Waals surface area contributed by atoms with Crippen LogP contribution in [0.25, 0.3) is 0 Å². The fourth-order valence-corrected chi connectivity index (χ4v) is 2.36. The van der Waals surface area contributed by atoms with Gasteiger partial charge in [0.25, 0.3) is 0 Å². The number of hydrogen-bond acceptors (Lipinski definition) is 7. The Morgan fingerprint density at radius 2 is 1.69 bits per heavy atom. The number of benzene rings is 1. The number of carbonyl (C=O) groups excluding carboxylic acids is 1. The number of carbonyl (C=O) groups is 1. The van der Waals surface area contributed by atoms with Gasteiger partial charge in [-0.05, 0) is 44.9 Å². The molecule has 0 fully saturated rings. The summed E-state index contributed by atoms with van der Waals surface area (Å²) in [7, 11) is 2.84. The first kappa shape index (κ1) is 22.0. The van der Waals surface area contributed by atoms with Gasteiger partial charge in [0.1, 0.15) is 23.2 Å². The summed E-state index contributed by atoms with van der Waals surface area (Å²) in [5.41, 5.74) is 0.213. The molecule has 26 heavy (non-hydrogen) atoms. The van der Waals surface area contributed by atoms with E-state index in [1.165, 1.54) is 14.2 Å². The molecule has 1 rings (SSSR count). The first-order chi connectivity index (χ1) is 12.1. The van der Waals surface area contributed by atoms with E-state index < -0.39 is 23.9 Å². The van der Waals surface area contributed by atoms with Gasteiger partial charge in [-0.2, -0.15) is 0 Å². The Morgan fingerprint density at radius 1 is 1.15 bits per heavy atom. The van der Waals surface area contributed by atoms with Crippen LogP contribution in [-0.2, 0) is 11.3 Å². The van der Waals surface area contributed by atoms with E-state index in [2.05, 4.69) is 5.32 Å². The van der Waals surface area contributed by atoms with E-state index in [1.807, 2.05) is 0 Å². The van der Waals surface area contributed by atoms with Gasteiger partial charge in [0, 0.05) is 6.54 Å². The van der Waals surface area contributed by atoms with Crippen LogP contribution in [0.1, 0.15) is 44.4 Å². The average molecular weight is 371 g/mol. The lowest BCUT2D eigenvalue weighted by Crippen LogP contribution is -2.34. The van der Waals surface area contributed by atoms with Gasteiger partial charge in [-0.1, -0.05) is 0 Å². The summed E-state index contributed by atoms with van der Waals surface area (Å²) in [6.07, 6.45) is -2.98. The van der Waals surface area contributed by atoms with Crippen LogP contribution in [0, 0.1) is 0 Å². The number of aliphatic hydroxyl groups excluding tert-OH is 3. The molecule has 1 aromatic rings. The molecule has 0 aliphatic carbocycles. The standard InChI is InChI=1S/C18H29NO7/c1-18(2,3)26-17(23)19-7-6-12(21)16(22)15-13(24-4)8-11(10-20)9-14(15)25-5/h8-9,12,16,20-22H,6-7,10H2,1-5H3,(H,19,23). The Bertz CT molecular complexity index is 573. The number of hydrogen-bond donors (Lipinski definition) is 4. The molecule has 2 unspecified atom stereocenters. The third kappa shape index (κ3) is 6.36. The lowest BCUT2D eigenvalue weighted by molar-refractivity contribution is 0.00972. The van der Waals surface area contributed by atoms with Crippen molar-refractivity contribution in [2.24, 2.45) is 0 Å². The van der Waals surface area contributed by atoms with Crippen molar-refractivity contribution in [1.82, 2.24) is 5.32 Å². The SMILES string of the molecule is COc1cc(CO)cc(OC)c1C(O)C(O)CCNC(=O)OC(C)(C)C. The second-order valence-electron chi connectivity index (χ2n) is 6.80. The summed E-state index contributed by atoms with van der Waals surface area (Å²) in [4.78, 5) is 11.6. The molecular weight excluding hydrogens is 342 g/mol. The van der Waals surface area contributed by atoms with E-state index in [0.29, 0.717) is 17.1 Å². The molecule has 0 spiro atoms. The van der Waals surface area contributed by atoms with E-state index in [9.17, 15) is 20.1 Å². The summed E-state index contributed by atoms with van der Waals surface area (Å²) < 4.78 is 15.6. The molecule has 0 aromatic heterocycles. The van der Waals surface area contributed by atoms with Crippen LogP contribution in [-0.4, -0.2) is 53.9 Å². The molecule has 0 bridgehead atoms. The van der Waals surface area contributed by atoms with Gasteiger partial charge in [0.15, 0.2) is 0 Å². The molecule has 2 atom stereocenters. The maximum absolute atomic E-state index is 11.6. The van der Waals surface area contributed by atoms with Crippen LogP contribution in [0.4, 0.5) is 4.79 Å². The zero-order valence-electron chi connectivity index (χ0n) is 15.9. The maximum Gasteiger partial charge on any atom is 0.407 e. The molecule has 1 aromatic carbocycles. The van der Waals surface area contributed by atoms with Crippen LogP contribution in [0.5, 0.6) is 11.5 Å². The van der Waals surface area contributed by atoms with E-state index in [1.54, 1.807) is 32.9 Å². The van der Waals surface area contributed by atoms with Gasteiger partial charge in [-0.25, -0.2) is 4.79 Å². The van der Waals surface area contributed by atoms with Crippen LogP contribution in [0.3, 0.4) is 0 Å². The summed E-state index contributed by atoms with van der Waals surface area (Å²) in [5, 5.41) is 32.6. The molecule has 8 nitrogen and oxygen atoms in total. The van der Waals surface area contributed by atoms with E-state index in [0.717, 1.165) is 0 Å². The third-order valence-corrected chi connectivity index (χ3v) is 3.55. The van der Waals surface area contributed by atoms with Crippen LogP contribution in [0.2, 0.25) is 0 Å². The molecule has 0 aliphatic rings. The molecular formula is C18H29NO7. The molecule has 8 heteroatoms. The lowest BCUT2D eigenvalue weighted by atomic mass is 9.98. The van der Waals surface area contributed by atoms with Crippen LogP contribution in [0.15, 0.2) is 12.1 Å². The van der Waals surface area contributed by atoms with Gasteiger partial charge in [-0.15, -0.1) is 0 Å². The topological polar surface area (TPSA) is 117 Å². The van der Waals surface area contributed by atoms with E-state index in [-0.39, 0.29) is 25.1 Å². The number of ether oxygens (including phenoxy) is 3. The Hall–Kier alpha value is -2.03. The second kappa shape index (κ2) is 9.61. The Labute approximate surface area is 153 Å². The summed E-state index contributed by atoms with van der Waals surface area (Å²) in [6.45, 7) is 5.15. The number of alkyl carbamates (subject to hydrolysis) is 1. The summed E-state index contributed by atoms with van der Waals surface area (Å²) in [5.74, 6) is 0.583. The quantitative estimate of drug-likeness (QED) is 0.547. The van der Waals surface area contributed by atoms with E-state index in [4.69, 9.17) is 14.2 Å². The third-order valence-electron chi connectivity index (χ3n) is 3.55. The molecule has 0 heterocycles. The predicted molar refractivity (Wildman–Crippen MR) is 95.3 cm³/mol. The second-order valence-corrected chi connectivity index (χ2v) is 6.80. The fourth-order valence-electron chi connectivity index (χ4n) is 2.36. The first-order valence-electron chi connectivity index (χ1n) is 8.31. The zero-order chi connectivity index (χ0) is 19.9. The van der Waals surface area contributed by atoms with Gasteiger partial charge < -0.3 is 34.8 Å².